The first-order valence-corrected chi connectivity index (χ1v) is 7.98. The number of aromatic amines is 1. The van der Waals surface area contributed by atoms with Crippen molar-refractivity contribution in [1.29, 1.82) is 0 Å². The van der Waals surface area contributed by atoms with E-state index < -0.39 is 17.3 Å². The van der Waals surface area contributed by atoms with E-state index in [4.69, 9.17) is 16.1 Å². The van der Waals surface area contributed by atoms with Crippen LogP contribution in [0, 0.1) is 0 Å². The maximum atomic E-state index is 12.7. The molecule has 0 aliphatic carbocycles. The molecule has 0 saturated heterocycles. The highest BCUT2D eigenvalue weighted by Gasteiger charge is 2.32. The van der Waals surface area contributed by atoms with Gasteiger partial charge in [0.05, 0.1) is 5.57 Å². The van der Waals surface area contributed by atoms with Crippen LogP contribution in [0.4, 0.5) is 5.69 Å². The van der Waals surface area contributed by atoms with Gasteiger partial charge in [-0.15, -0.1) is 0 Å². The van der Waals surface area contributed by atoms with E-state index in [1.165, 1.54) is 4.68 Å². The molecule has 8 heteroatoms. The maximum Gasteiger partial charge on any atom is 0.439 e. The summed E-state index contributed by atoms with van der Waals surface area (Å²) in [6.07, 6.45) is 1.13. The van der Waals surface area contributed by atoms with Crippen LogP contribution >= 0.6 is 11.6 Å². The molecule has 0 spiro atoms. The summed E-state index contributed by atoms with van der Waals surface area (Å²) in [5.74, 6) is -1.06. The van der Waals surface area contributed by atoms with Gasteiger partial charge in [0.25, 0.3) is 11.7 Å². The number of nitrogens with one attached hydrogen (secondary N) is 2. The van der Waals surface area contributed by atoms with Crippen LogP contribution in [0.3, 0.4) is 0 Å². The van der Waals surface area contributed by atoms with Crippen LogP contribution in [-0.4, -0.2) is 17.0 Å². The van der Waals surface area contributed by atoms with Gasteiger partial charge in [0, 0.05) is 34.5 Å². The molecule has 1 aliphatic heterocycles. The number of benzene rings is 2. The highest BCUT2D eigenvalue weighted by molar-refractivity contribution is 6.34. The fraction of sp³-hybridized carbons (Fsp3) is 0. The first kappa shape index (κ1) is 16.0. The van der Waals surface area contributed by atoms with Crippen molar-refractivity contribution in [3.05, 3.63) is 81.3 Å². The number of nitrogens with zero attached hydrogens (tertiary/aromatic N) is 1. The van der Waals surface area contributed by atoms with E-state index in [1.54, 1.807) is 48.5 Å². The lowest BCUT2D eigenvalue weighted by atomic mass is 10.1. The van der Waals surface area contributed by atoms with Crippen LogP contribution in [0.1, 0.15) is 16.1 Å². The fourth-order valence-electron chi connectivity index (χ4n) is 2.74. The van der Waals surface area contributed by atoms with Crippen LogP contribution < -0.4 is 15.6 Å². The number of aromatic nitrogens is 2. The van der Waals surface area contributed by atoms with Crippen molar-refractivity contribution in [2.24, 2.45) is 0 Å². The van der Waals surface area contributed by atoms with Gasteiger partial charge in [-0.05, 0) is 28.2 Å². The van der Waals surface area contributed by atoms with E-state index >= 15 is 0 Å². The van der Waals surface area contributed by atoms with Crippen molar-refractivity contribution in [2.45, 2.75) is 0 Å². The Labute approximate surface area is 151 Å². The molecule has 26 heavy (non-hydrogen) atoms. The van der Waals surface area contributed by atoms with Crippen molar-refractivity contribution in [3.63, 3.8) is 0 Å². The number of para-hydroxylation sites is 1. The zero-order valence-electron chi connectivity index (χ0n) is 13.2. The smallest absolute Gasteiger partial charge is 0.321 e. The van der Waals surface area contributed by atoms with Gasteiger partial charge in [0.15, 0.2) is 0 Å². The van der Waals surface area contributed by atoms with Crippen LogP contribution in [0.15, 0.2) is 63.9 Å². The Morgan fingerprint density at radius 1 is 1.08 bits per heavy atom. The normalized spacial score (nSPS) is 14.3. The molecule has 0 fully saturated rings. The lowest BCUT2D eigenvalue weighted by molar-refractivity contribution is -0.672. The predicted octanol–water partition coefficient (Wildman–Crippen LogP) is 2.12. The summed E-state index contributed by atoms with van der Waals surface area (Å²) in [4.78, 5) is 36.9. The number of allylic oxidation sites excluding steroid dienone is 1. The molecule has 2 heterocycles. The van der Waals surface area contributed by atoms with E-state index in [9.17, 15) is 14.4 Å². The molecular formula is C18H11ClN3O4+. The highest BCUT2D eigenvalue weighted by atomic mass is 35.5. The lowest BCUT2D eigenvalue weighted by Crippen LogP contribution is -2.40. The van der Waals surface area contributed by atoms with E-state index in [2.05, 4.69) is 10.6 Å². The topological polar surface area (TPSA) is 96.0 Å². The van der Waals surface area contributed by atoms with E-state index in [1.807, 2.05) is 0 Å². The van der Waals surface area contributed by atoms with Gasteiger partial charge >= 0.3 is 11.3 Å². The number of ketones is 1. The Hall–Kier alpha value is -3.45. The molecule has 1 aliphatic rings. The molecule has 0 atom stereocenters. The second-order valence-corrected chi connectivity index (χ2v) is 6.00. The van der Waals surface area contributed by atoms with Gasteiger partial charge in [0.2, 0.25) is 5.69 Å². The molecule has 1 aromatic heterocycles. The van der Waals surface area contributed by atoms with Crippen molar-refractivity contribution in [1.82, 2.24) is 5.27 Å². The molecule has 7 nitrogen and oxygen atoms in total. The first-order chi connectivity index (χ1) is 12.5. The van der Waals surface area contributed by atoms with Gasteiger partial charge in [-0.1, -0.05) is 29.8 Å². The SMILES string of the molecule is O=C1Nc2ccccc2/C1=C\C(=O)c1c(=O)o[nH][n+]1-c1ccc(Cl)cc1. The molecule has 2 N–H and O–H groups in total. The van der Waals surface area contributed by atoms with Gasteiger partial charge in [0.1, 0.15) is 0 Å². The lowest BCUT2D eigenvalue weighted by Gasteiger charge is -1.96. The average molecular weight is 369 g/mol. The summed E-state index contributed by atoms with van der Waals surface area (Å²) in [5.41, 5.74) is 0.796. The third-order valence-corrected chi connectivity index (χ3v) is 4.20. The number of hydrogen-bond acceptors (Lipinski definition) is 4. The van der Waals surface area contributed by atoms with Crippen molar-refractivity contribution in [3.8, 4) is 5.69 Å². The number of anilines is 1. The molecule has 0 radical (unpaired) electrons. The Morgan fingerprint density at radius 2 is 1.81 bits per heavy atom. The molecular weight excluding hydrogens is 358 g/mol. The van der Waals surface area contributed by atoms with Crippen LogP contribution in [0.5, 0.6) is 0 Å². The molecule has 0 saturated carbocycles. The zero-order chi connectivity index (χ0) is 18.3. The molecule has 2 aromatic carbocycles. The van der Waals surface area contributed by atoms with E-state index in [-0.39, 0.29) is 11.3 Å². The number of H-pyrrole nitrogens is 1. The summed E-state index contributed by atoms with van der Waals surface area (Å²) < 4.78 is 5.97. The summed E-state index contributed by atoms with van der Waals surface area (Å²) in [7, 11) is 0. The number of amides is 1. The Morgan fingerprint density at radius 3 is 2.58 bits per heavy atom. The second kappa shape index (κ2) is 6.12. The van der Waals surface area contributed by atoms with Crippen LogP contribution in [-0.2, 0) is 4.79 Å². The third kappa shape index (κ3) is 2.64. The average Bonchev–Trinajstić information content (AvgIpc) is 3.16. The quantitative estimate of drug-likeness (QED) is 0.420. The second-order valence-electron chi connectivity index (χ2n) is 5.56. The molecule has 0 bridgehead atoms. The molecule has 4 rings (SSSR count). The summed E-state index contributed by atoms with van der Waals surface area (Å²) in [6.45, 7) is 0. The number of halogens is 1. The minimum Gasteiger partial charge on any atom is -0.321 e. The monoisotopic (exact) mass is 368 g/mol. The van der Waals surface area contributed by atoms with Gasteiger partial charge in [-0.2, -0.15) is 0 Å². The maximum absolute atomic E-state index is 12.7. The molecule has 128 valence electrons. The van der Waals surface area contributed by atoms with Crippen molar-refractivity contribution in [2.75, 3.05) is 5.32 Å². The van der Waals surface area contributed by atoms with Gasteiger partial charge < -0.3 is 5.32 Å². The number of carbonyl (C=O) groups excluding carboxylic acids is 2. The number of hydrogen-bond donors (Lipinski definition) is 2. The summed E-state index contributed by atoms with van der Waals surface area (Å²) in [6, 6.07) is 13.5. The Balaban J connectivity index is 1.79. The van der Waals surface area contributed by atoms with Crippen molar-refractivity contribution < 1.29 is 18.8 Å². The van der Waals surface area contributed by atoms with Gasteiger partial charge in [-0.3, -0.25) is 14.1 Å². The third-order valence-electron chi connectivity index (χ3n) is 3.95. The highest BCUT2D eigenvalue weighted by Crippen LogP contribution is 2.31. The number of rotatable bonds is 3. The minimum atomic E-state index is -0.839. The molecule has 1 amide bonds. The summed E-state index contributed by atoms with van der Waals surface area (Å²) in [5, 5.41) is 5.57. The predicted molar refractivity (Wildman–Crippen MR) is 93.2 cm³/mol. The van der Waals surface area contributed by atoms with Crippen LogP contribution in [0.2, 0.25) is 5.02 Å². The summed E-state index contributed by atoms with van der Waals surface area (Å²) >= 11 is 5.86. The molecule has 3 aromatic rings. The van der Waals surface area contributed by atoms with E-state index in [0.29, 0.717) is 22.0 Å². The first-order valence-electron chi connectivity index (χ1n) is 7.61. The van der Waals surface area contributed by atoms with Crippen LogP contribution in [0.25, 0.3) is 11.3 Å². The zero-order valence-corrected chi connectivity index (χ0v) is 13.9. The fourth-order valence-corrected chi connectivity index (χ4v) is 2.86. The van der Waals surface area contributed by atoms with E-state index in [0.717, 1.165) is 6.08 Å². The standard InChI is InChI=1S/C18H10ClN3O4/c19-10-5-7-11(8-6-10)22-16(18(25)26-21-22)15(23)9-13-12-3-1-2-4-14(12)20-17(13)24/h1-9H,(H-,20,21,23,24,25)/p+1. The van der Waals surface area contributed by atoms with Crippen molar-refractivity contribution >= 4 is 34.6 Å². The Kier molecular flexibility index (Phi) is 3.78. The minimum absolute atomic E-state index is 0.189. The molecule has 0 unspecified atom stereocenters. The number of fused-ring (bicyclic) bond motifs is 1. The number of carbonyl (C=O) groups is 2. The van der Waals surface area contributed by atoms with Gasteiger partial charge in [-0.25, -0.2) is 4.79 Å². The Bertz CT molecular complexity index is 1130. The largest absolute Gasteiger partial charge is 0.439 e.